The summed E-state index contributed by atoms with van der Waals surface area (Å²) in [6, 6.07) is 0.725. The summed E-state index contributed by atoms with van der Waals surface area (Å²) < 4.78 is 2.03. The van der Waals surface area contributed by atoms with Crippen molar-refractivity contribution in [3.8, 4) is 0 Å². The first-order valence-corrected chi connectivity index (χ1v) is 7.80. The molecular formula is C15H26N4O. The van der Waals surface area contributed by atoms with E-state index >= 15 is 0 Å². The molecule has 5 nitrogen and oxygen atoms in total. The molecule has 2 heterocycles. The molecule has 1 aliphatic carbocycles. The van der Waals surface area contributed by atoms with Crippen LogP contribution in [0.4, 0.5) is 5.82 Å². The summed E-state index contributed by atoms with van der Waals surface area (Å²) >= 11 is 0. The minimum atomic E-state index is 0.328. The summed E-state index contributed by atoms with van der Waals surface area (Å²) in [6.07, 6.45) is 4.79. The van der Waals surface area contributed by atoms with Crippen LogP contribution in [0.5, 0.6) is 0 Å². The molecule has 2 N–H and O–H groups in total. The average molecular weight is 278 g/mol. The fourth-order valence-electron chi connectivity index (χ4n) is 3.15. The maximum Gasteiger partial charge on any atom is 0.131 e. The van der Waals surface area contributed by atoms with Crippen molar-refractivity contribution >= 4 is 5.82 Å². The summed E-state index contributed by atoms with van der Waals surface area (Å²) in [5.41, 5.74) is 2.49. The minimum Gasteiger partial charge on any atom is -0.396 e. The number of aryl methyl sites for hydroxylation is 2. The maximum absolute atomic E-state index is 9.27. The molecule has 2 fully saturated rings. The van der Waals surface area contributed by atoms with Gasteiger partial charge in [-0.3, -0.25) is 4.68 Å². The molecule has 1 saturated heterocycles. The van der Waals surface area contributed by atoms with Crippen LogP contribution in [-0.2, 0) is 13.6 Å². The lowest BCUT2D eigenvalue weighted by Crippen LogP contribution is -2.36. The topological polar surface area (TPSA) is 53.3 Å². The third-order valence-electron chi connectivity index (χ3n) is 4.63. The van der Waals surface area contributed by atoms with E-state index in [9.17, 15) is 5.11 Å². The fourth-order valence-corrected chi connectivity index (χ4v) is 3.15. The number of aliphatic hydroxyl groups is 1. The van der Waals surface area contributed by atoms with Crippen LogP contribution in [0.25, 0.3) is 0 Å². The van der Waals surface area contributed by atoms with E-state index in [1.54, 1.807) is 0 Å². The Labute approximate surface area is 121 Å². The van der Waals surface area contributed by atoms with Crippen LogP contribution in [0.3, 0.4) is 0 Å². The second-order valence-corrected chi connectivity index (χ2v) is 6.28. The van der Waals surface area contributed by atoms with Gasteiger partial charge in [0.2, 0.25) is 0 Å². The van der Waals surface area contributed by atoms with Gasteiger partial charge >= 0.3 is 0 Å². The first-order valence-electron chi connectivity index (χ1n) is 7.80. The number of hydrogen-bond acceptors (Lipinski definition) is 4. The van der Waals surface area contributed by atoms with Crippen molar-refractivity contribution in [2.24, 2.45) is 13.0 Å². The van der Waals surface area contributed by atoms with Crippen LogP contribution >= 0.6 is 0 Å². The van der Waals surface area contributed by atoms with E-state index in [1.807, 2.05) is 11.7 Å². The molecule has 0 unspecified atom stereocenters. The second-order valence-electron chi connectivity index (χ2n) is 6.28. The highest BCUT2D eigenvalue weighted by Crippen LogP contribution is 2.29. The van der Waals surface area contributed by atoms with Gasteiger partial charge in [-0.1, -0.05) is 0 Å². The van der Waals surface area contributed by atoms with Crippen LogP contribution in [0.15, 0.2) is 0 Å². The molecule has 0 amide bonds. The van der Waals surface area contributed by atoms with E-state index < -0.39 is 0 Å². The van der Waals surface area contributed by atoms with Crippen molar-refractivity contribution in [2.45, 2.75) is 45.2 Å². The maximum atomic E-state index is 9.27. The number of piperidine rings is 1. The molecule has 2 aliphatic rings. The largest absolute Gasteiger partial charge is 0.396 e. The van der Waals surface area contributed by atoms with Gasteiger partial charge < -0.3 is 15.3 Å². The lowest BCUT2D eigenvalue weighted by Gasteiger charge is -2.33. The monoisotopic (exact) mass is 278 g/mol. The molecule has 1 aromatic rings. The molecule has 3 rings (SSSR count). The molecule has 20 heavy (non-hydrogen) atoms. The van der Waals surface area contributed by atoms with Crippen LogP contribution in [0, 0.1) is 12.8 Å². The average Bonchev–Trinajstić information content (AvgIpc) is 3.23. The summed E-state index contributed by atoms with van der Waals surface area (Å²) in [6.45, 7) is 5.42. The highest BCUT2D eigenvalue weighted by Gasteiger charge is 2.26. The molecule has 1 saturated carbocycles. The lowest BCUT2D eigenvalue weighted by atomic mass is 9.97. The van der Waals surface area contributed by atoms with Crippen molar-refractivity contribution in [3.05, 3.63) is 11.3 Å². The predicted molar refractivity (Wildman–Crippen MR) is 79.8 cm³/mol. The minimum absolute atomic E-state index is 0.328. The zero-order valence-electron chi connectivity index (χ0n) is 12.6. The first-order chi connectivity index (χ1) is 9.69. The summed E-state index contributed by atoms with van der Waals surface area (Å²) in [7, 11) is 2.04. The zero-order chi connectivity index (χ0) is 14.1. The number of anilines is 1. The number of rotatable bonds is 5. The van der Waals surface area contributed by atoms with Crippen LogP contribution in [0.2, 0.25) is 0 Å². The molecule has 0 spiro atoms. The molecule has 1 aromatic heterocycles. The van der Waals surface area contributed by atoms with Gasteiger partial charge in [0.25, 0.3) is 0 Å². The van der Waals surface area contributed by atoms with Gasteiger partial charge in [0.15, 0.2) is 0 Å². The van der Waals surface area contributed by atoms with E-state index in [1.165, 1.54) is 24.2 Å². The number of nitrogens with zero attached hydrogens (tertiary/aromatic N) is 3. The second kappa shape index (κ2) is 5.74. The Morgan fingerprint density at radius 2 is 1.95 bits per heavy atom. The molecule has 0 atom stereocenters. The third-order valence-corrected chi connectivity index (χ3v) is 4.63. The molecular weight excluding hydrogens is 252 g/mol. The fraction of sp³-hybridized carbons (Fsp3) is 0.800. The summed E-state index contributed by atoms with van der Waals surface area (Å²) in [4.78, 5) is 2.44. The van der Waals surface area contributed by atoms with Gasteiger partial charge in [-0.25, -0.2) is 0 Å². The van der Waals surface area contributed by atoms with Gasteiger partial charge in [-0.05, 0) is 38.5 Å². The third kappa shape index (κ3) is 2.83. The normalized spacial score (nSPS) is 20.6. The van der Waals surface area contributed by atoms with Crippen LogP contribution in [0.1, 0.15) is 36.9 Å². The molecule has 0 bridgehead atoms. The van der Waals surface area contributed by atoms with Gasteiger partial charge in [-0.2, -0.15) is 5.10 Å². The highest BCUT2D eigenvalue weighted by molar-refractivity contribution is 5.50. The first kappa shape index (κ1) is 13.9. The van der Waals surface area contributed by atoms with Crippen molar-refractivity contribution in [1.29, 1.82) is 0 Å². The van der Waals surface area contributed by atoms with Crippen molar-refractivity contribution < 1.29 is 5.11 Å². The Kier molecular flexibility index (Phi) is 3.98. The van der Waals surface area contributed by atoms with Gasteiger partial charge in [0, 0.05) is 44.9 Å². The van der Waals surface area contributed by atoms with Crippen LogP contribution in [-0.4, -0.2) is 40.6 Å². The van der Waals surface area contributed by atoms with Gasteiger partial charge in [0.1, 0.15) is 5.82 Å². The lowest BCUT2D eigenvalue weighted by molar-refractivity contribution is 0.202. The Hall–Kier alpha value is -1.07. The predicted octanol–water partition coefficient (Wildman–Crippen LogP) is 1.19. The van der Waals surface area contributed by atoms with Crippen molar-refractivity contribution in [2.75, 3.05) is 24.6 Å². The van der Waals surface area contributed by atoms with Gasteiger partial charge in [-0.15, -0.1) is 0 Å². The SMILES string of the molecule is Cc1nn(C)c(N2CCC(CO)CC2)c1CNC1CC1. The molecule has 112 valence electrons. The molecule has 0 aromatic carbocycles. The summed E-state index contributed by atoms with van der Waals surface area (Å²) in [5.74, 6) is 1.75. The molecule has 1 aliphatic heterocycles. The van der Waals surface area contributed by atoms with Crippen molar-refractivity contribution in [1.82, 2.24) is 15.1 Å². The Balaban J connectivity index is 1.73. The van der Waals surface area contributed by atoms with Crippen LogP contribution < -0.4 is 10.2 Å². The number of nitrogens with one attached hydrogen (secondary N) is 1. The van der Waals surface area contributed by atoms with E-state index in [0.29, 0.717) is 12.5 Å². The number of aliphatic hydroxyl groups excluding tert-OH is 1. The van der Waals surface area contributed by atoms with Crippen molar-refractivity contribution in [3.63, 3.8) is 0 Å². The quantitative estimate of drug-likeness (QED) is 0.849. The zero-order valence-corrected chi connectivity index (χ0v) is 12.6. The smallest absolute Gasteiger partial charge is 0.131 e. The van der Waals surface area contributed by atoms with E-state index in [2.05, 4.69) is 22.2 Å². The molecule has 5 heteroatoms. The summed E-state index contributed by atoms with van der Waals surface area (Å²) in [5, 5.41) is 17.5. The van der Waals surface area contributed by atoms with E-state index in [4.69, 9.17) is 0 Å². The number of hydrogen-bond donors (Lipinski definition) is 2. The Morgan fingerprint density at radius 3 is 2.55 bits per heavy atom. The van der Waals surface area contributed by atoms with Gasteiger partial charge in [0.05, 0.1) is 5.69 Å². The van der Waals surface area contributed by atoms with E-state index in [-0.39, 0.29) is 0 Å². The highest BCUT2D eigenvalue weighted by atomic mass is 16.3. The standard InChI is InChI=1S/C15H26N4O/c1-11-14(9-16-13-3-4-13)15(18(2)17-11)19-7-5-12(10-20)6-8-19/h12-13,16,20H,3-10H2,1-2H3. The number of aromatic nitrogens is 2. The Bertz CT molecular complexity index is 459. The molecule has 0 radical (unpaired) electrons. The van der Waals surface area contributed by atoms with E-state index in [0.717, 1.165) is 44.2 Å². The Morgan fingerprint density at radius 1 is 1.25 bits per heavy atom.